The number of fused-ring (bicyclic) bond motifs is 1. The van der Waals surface area contributed by atoms with Crippen molar-refractivity contribution in [3.8, 4) is 0 Å². The van der Waals surface area contributed by atoms with Gasteiger partial charge in [0.1, 0.15) is 5.60 Å². The molecule has 2 unspecified atom stereocenters. The Balaban J connectivity index is 2.31. The number of ether oxygens (including phenoxy) is 1. The molecule has 0 radical (unpaired) electrons. The Hall–Kier alpha value is -1.60. The van der Waals surface area contributed by atoms with Crippen LogP contribution in [0, 0.1) is 5.41 Å². The van der Waals surface area contributed by atoms with Gasteiger partial charge in [0.05, 0.1) is 6.10 Å². The molecule has 20 heavy (non-hydrogen) atoms. The summed E-state index contributed by atoms with van der Waals surface area (Å²) in [5.41, 5.74) is 3.47. The number of hydrogen-bond donors (Lipinski definition) is 0. The second-order valence-corrected chi connectivity index (χ2v) is 6.64. The predicted octanol–water partition coefficient (Wildman–Crippen LogP) is 5.07. The largest absolute Gasteiger partial charge is 0.357 e. The van der Waals surface area contributed by atoms with Gasteiger partial charge in [-0.2, -0.15) is 0 Å². The van der Waals surface area contributed by atoms with Crippen LogP contribution in [0.25, 0.3) is 0 Å². The molecule has 1 heteroatoms. The standard InChI is InChI=1S/C19H22O/c1-14-16-12-8-9-13-17(16)19(20-14,18(2,3)4)15-10-6-5-7-11-15/h5-14H,1-4H3. The van der Waals surface area contributed by atoms with E-state index in [0.29, 0.717) is 0 Å². The maximum absolute atomic E-state index is 6.57. The third kappa shape index (κ3) is 1.73. The lowest BCUT2D eigenvalue weighted by Crippen LogP contribution is -2.41. The fourth-order valence-corrected chi connectivity index (χ4v) is 3.47. The number of benzene rings is 2. The Morgan fingerprint density at radius 3 is 2.15 bits per heavy atom. The number of rotatable bonds is 1. The highest BCUT2D eigenvalue weighted by atomic mass is 16.5. The highest BCUT2D eigenvalue weighted by Gasteiger charge is 2.52. The van der Waals surface area contributed by atoms with E-state index in [1.54, 1.807) is 0 Å². The Morgan fingerprint density at radius 2 is 1.50 bits per heavy atom. The van der Waals surface area contributed by atoms with E-state index in [4.69, 9.17) is 4.74 Å². The van der Waals surface area contributed by atoms with Crippen LogP contribution in [0.3, 0.4) is 0 Å². The molecule has 1 nitrogen and oxygen atoms in total. The Kier molecular flexibility index (Phi) is 2.98. The molecular weight excluding hydrogens is 244 g/mol. The quantitative estimate of drug-likeness (QED) is 0.700. The van der Waals surface area contributed by atoms with Crippen molar-refractivity contribution in [3.05, 3.63) is 71.3 Å². The Morgan fingerprint density at radius 1 is 0.900 bits per heavy atom. The van der Waals surface area contributed by atoms with Gasteiger partial charge < -0.3 is 4.74 Å². The van der Waals surface area contributed by atoms with Crippen LogP contribution >= 0.6 is 0 Å². The van der Waals surface area contributed by atoms with E-state index < -0.39 is 0 Å². The normalized spacial score (nSPS) is 25.5. The zero-order valence-electron chi connectivity index (χ0n) is 12.7. The van der Waals surface area contributed by atoms with Crippen LogP contribution in [0.15, 0.2) is 54.6 Å². The van der Waals surface area contributed by atoms with E-state index in [9.17, 15) is 0 Å². The molecule has 0 aromatic heterocycles. The van der Waals surface area contributed by atoms with Crippen molar-refractivity contribution in [2.45, 2.75) is 39.4 Å². The van der Waals surface area contributed by atoms with Crippen LogP contribution in [0.1, 0.15) is 50.5 Å². The first-order chi connectivity index (χ1) is 9.47. The minimum absolute atomic E-state index is 0.0186. The first-order valence-electron chi connectivity index (χ1n) is 7.29. The Labute approximate surface area is 121 Å². The van der Waals surface area contributed by atoms with Gasteiger partial charge >= 0.3 is 0 Å². The van der Waals surface area contributed by atoms with Gasteiger partial charge in [-0.15, -0.1) is 0 Å². The molecule has 0 fully saturated rings. The third-order valence-electron chi connectivity index (χ3n) is 4.37. The van der Waals surface area contributed by atoms with Gasteiger partial charge in [-0.3, -0.25) is 0 Å². The molecule has 0 spiro atoms. The van der Waals surface area contributed by atoms with E-state index in [-0.39, 0.29) is 17.1 Å². The zero-order valence-corrected chi connectivity index (χ0v) is 12.7. The second-order valence-electron chi connectivity index (χ2n) is 6.64. The van der Waals surface area contributed by atoms with Crippen molar-refractivity contribution in [2.24, 2.45) is 5.41 Å². The van der Waals surface area contributed by atoms with Crippen LogP contribution in [-0.4, -0.2) is 0 Å². The molecule has 0 bridgehead atoms. The summed E-state index contributed by atoms with van der Waals surface area (Å²) in [5, 5.41) is 0. The minimum atomic E-state index is -0.371. The average molecular weight is 266 g/mol. The summed E-state index contributed by atoms with van der Waals surface area (Å²) in [4.78, 5) is 0. The molecule has 3 rings (SSSR count). The summed E-state index contributed by atoms with van der Waals surface area (Å²) < 4.78 is 6.57. The molecule has 0 amide bonds. The Bertz CT molecular complexity index is 609. The van der Waals surface area contributed by atoms with Crippen LogP contribution in [-0.2, 0) is 10.3 Å². The molecule has 2 aromatic carbocycles. The molecule has 2 aromatic rings. The zero-order chi connectivity index (χ0) is 14.4. The lowest BCUT2D eigenvalue weighted by atomic mass is 9.68. The third-order valence-corrected chi connectivity index (χ3v) is 4.37. The molecule has 0 saturated heterocycles. The van der Waals surface area contributed by atoms with Crippen molar-refractivity contribution in [3.63, 3.8) is 0 Å². The van der Waals surface area contributed by atoms with Gasteiger partial charge in [-0.05, 0) is 29.0 Å². The minimum Gasteiger partial charge on any atom is -0.357 e. The van der Waals surface area contributed by atoms with Gasteiger partial charge in [-0.1, -0.05) is 75.4 Å². The molecule has 104 valence electrons. The van der Waals surface area contributed by atoms with E-state index in [1.807, 2.05) is 0 Å². The van der Waals surface area contributed by atoms with Crippen molar-refractivity contribution in [1.82, 2.24) is 0 Å². The molecule has 1 aliphatic rings. The second kappa shape index (κ2) is 4.46. The summed E-state index contributed by atoms with van der Waals surface area (Å²) in [7, 11) is 0. The van der Waals surface area contributed by atoms with Crippen molar-refractivity contribution in [1.29, 1.82) is 0 Å². The molecule has 0 saturated carbocycles. The van der Waals surface area contributed by atoms with Gasteiger partial charge in [-0.25, -0.2) is 0 Å². The molecule has 0 aliphatic carbocycles. The first kappa shape index (κ1) is 13.4. The average Bonchev–Trinajstić information content (AvgIpc) is 2.75. The van der Waals surface area contributed by atoms with E-state index >= 15 is 0 Å². The molecule has 1 heterocycles. The van der Waals surface area contributed by atoms with Crippen molar-refractivity contribution >= 4 is 0 Å². The van der Waals surface area contributed by atoms with Crippen LogP contribution < -0.4 is 0 Å². The molecule has 0 N–H and O–H groups in total. The summed E-state index contributed by atoms with van der Waals surface area (Å²) in [6, 6.07) is 19.2. The summed E-state index contributed by atoms with van der Waals surface area (Å²) in [6.45, 7) is 8.92. The van der Waals surface area contributed by atoms with E-state index in [2.05, 4.69) is 82.3 Å². The highest BCUT2D eigenvalue weighted by Crippen LogP contribution is 2.56. The maximum Gasteiger partial charge on any atom is 0.124 e. The topological polar surface area (TPSA) is 9.23 Å². The van der Waals surface area contributed by atoms with Gasteiger partial charge in [0.2, 0.25) is 0 Å². The molecule has 1 aliphatic heterocycles. The predicted molar refractivity (Wildman–Crippen MR) is 82.6 cm³/mol. The lowest BCUT2D eigenvalue weighted by molar-refractivity contribution is -0.107. The van der Waals surface area contributed by atoms with Gasteiger partial charge in [0, 0.05) is 0 Å². The maximum atomic E-state index is 6.57. The first-order valence-corrected chi connectivity index (χ1v) is 7.29. The summed E-state index contributed by atoms with van der Waals surface area (Å²) in [5.74, 6) is 0. The smallest absolute Gasteiger partial charge is 0.124 e. The molecular formula is C19H22O. The van der Waals surface area contributed by atoms with Crippen molar-refractivity contribution < 1.29 is 4.74 Å². The van der Waals surface area contributed by atoms with E-state index in [1.165, 1.54) is 16.7 Å². The number of hydrogen-bond acceptors (Lipinski definition) is 1. The molecule has 2 atom stereocenters. The van der Waals surface area contributed by atoms with Crippen molar-refractivity contribution in [2.75, 3.05) is 0 Å². The van der Waals surface area contributed by atoms with Crippen LogP contribution in [0.5, 0.6) is 0 Å². The van der Waals surface area contributed by atoms with Gasteiger partial charge in [0.15, 0.2) is 0 Å². The summed E-state index contributed by atoms with van der Waals surface area (Å²) >= 11 is 0. The SMILES string of the molecule is CC1OC(c2ccccc2)(C(C)(C)C)c2ccccc21. The fraction of sp³-hybridized carbons (Fsp3) is 0.368. The fourth-order valence-electron chi connectivity index (χ4n) is 3.47. The lowest BCUT2D eigenvalue weighted by Gasteiger charge is -2.42. The van der Waals surface area contributed by atoms with Gasteiger partial charge in [0.25, 0.3) is 0 Å². The van der Waals surface area contributed by atoms with E-state index in [0.717, 1.165) is 0 Å². The van der Waals surface area contributed by atoms with Crippen LogP contribution in [0.4, 0.5) is 0 Å². The monoisotopic (exact) mass is 266 g/mol. The highest BCUT2D eigenvalue weighted by molar-refractivity contribution is 5.47. The summed E-state index contributed by atoms with van der Waals surface area (Å²) in [6.07, 6.45) is 0.130. The van der Waals surface area contributed by atoms with Crippen LogP contribution in [0.2, 0.25) is 0 Å².